The summed E-state index contributed by atoms with van der Waals surface area (Å²) in [6.45, 7) is 4.23. The van der Waals surface area contributed by atoms with Crippen LogP contribution in [0.1, 0.15) is 16.7 Å². The van der Waals surface area contributed by atoms with Crippen molar-refractivity contribution in [2.45, 2.75) is 12.0 Å². The van der Waals surface area contributed by atoms with E-state index in [-0.39, 0.29) is 0 Å². The van der Waals surface area contributed by atoms with E-state index in [1.165, 1.54) is 11.1 Å². The van der Waals surface area contributed by atoms with Gasteiger partial charge in [-0.1, -0.05) is 60.4 Å². The second-order valence-electron chi connectivity index (χ2n) is 4.88. The molecule has 0 saturated heterocycles. The number of fused-ring (bicyclic) bond motifs is 1. The van der Waals surface area contributed by atoms with Crippen LogP contribution in [0.3, 0.4) is 0 Å². The Labute approximate surface area is 119 Å². The molecule has 0 unspecified atom stereocenters. The molecule has 0 saturated carbocycles. The summed E-state index contributed by atoms with van der Waals surface area (Å²) < 4.78 is 5.97. The van der Waals surface area contributed by atoms with E-state index < -0.39 is 5.60 Å². The second-order valence-corrected chi connectivity index (χ2v) is 4.88. The van der Waals surface area contributed by atoms with E-state index in [4.69, 9.17) is 4.74 Å². The van der Waals surface area contributed by atoms with Crippen molar-refractivity contribution in [1.82, 2.24) is 0 Å². The summed E-state index contributed by atoms with van der Waals surface area (Å²) in [5.74, 6) is 6.55. The summed E-state index contributed by atoms with van der Waals surface area (Å²) in [7, 11) is 0. The third-order valence-electron chi connectivity index (χ3n) is 3.52. The molecule has 0 aliphatic heterocycles. The summed E-state index contributed by atoms with van der Waals surface area (Å²) in [6.07, 6.45) is 2.61. The fourth-order valence-electron chi connectivity index (χ4n) is 2.50. The molecule has 0 amide bonds. The largest absolute Gasteiger partial charge is 0.354 e. The van der Waals surface area contributed by atoms with Crippen LogP contribution < -0.4 is 0 Å². The molecule has 0 bridgehead atoms. The minimum atomic E-state index is -0.472. The van der Waals surface area contributed by atoms with Crippen LogP contribution in [0.25, 0.3) is 0 Å². The summed E-state index contributed by atoms with van der Waals surface area (Å²) in [5, 5.41) is 0. The smallest absolute Gasteiger partial charge is 0.159 e. The van der Waals surface area contributed by atoms with Crippen molar-refractivity contribution in [2.24, 2.45) is 0 Å². The predicted octanol–water partition coefficient (Wildman–Crippen LogP) is 3.69. The first-order valence-electron chi connectivity index (χ1n) is 6.75. The van der Waals surface area contributed by atoms with Crippen LogP contribution in [0.2, 0.25) is 0 Å². The van der Waals surface area contributed by atoms with Gasteiger partial charge in [0.25, 0.3) is 0 Å². The predicted molar refractivity (Wildman–Crippen MR) is 81.3 cm³/mol. The van der Waals surface area contributed by atoms with Gasteiger partial charge in [-0.05, 0) is 23.3 Å². The average molecular weight is 260 g/mol. The van der Waals surface area contributed by atoms with Crippen molar-refractivity contribution in [3.05, 3.63) is 83.9 Å². The van der Waals surface area contributed by atoms with E-state index >= 15 is 0 Å². The number of ether oxygens (including phenoxy) is 1. The molecule has 0 aromatic heterocycles. The van der Waals surface area contributed by atoms with Gasteiger partial charge in [0.05, 0.1) is 6.61 Å². The Kier molecular flexibility index (Phi) is 3.41. The fourth-order valence-corrected chi connectivity index (χ4v) is 2.50. The Morgan fingerprint density at radius 3 is 2.60 bits per heavy atom. The zero-order valence-corrected chi connectivity index (χ0v) is 11.3. The summed E-state index contributed by atoms with van der Waals surface area (Å²) >= 11 is 0. The molecule has 20 heavy (non-hydrogen) atoms. The number of benzene rings is 2. The molecular weight excluding hydrogens is 244 g/mol. The lowest BCUT2D eigenvalue weighted by molar-refractivity contribution is -0.00517. The van der Waals surface area contributed by atoms with Crippen LogP contribution in [0.4, 0.5) is 0 Å². The van der Waals surface area contributed by atoms with Crippen molar-refractivity contribution in [2.75, 3.05) is 6.61 Å². The maximum absolute atomic E-state index is 5.97. The highest BCUT2D eigenvalue weighted by Gasteiger charge is 2.42. The topological polar surface area (TPSA) is 9.23 Å². The van der Waals surface area contributed by atoms with Crippen molar-refractivity contribution in [3.63, 3.8) is 0 Å². The van der Waals surface area contributed by atoms with Crippen LogP contribution in [0.5, 0.6) is 0 Å². The molecule has 2 aromatic rings. The molecule has 0 radical (unpaired) electrons. The van der Waals surface area contributed by atoms with Crippen LogP contribution in [0, 0.1) is 11.8 Å². The molecule has 0 N–H and O–H groups in total. The van der Waals surface area contributed by atoms with E-state index in [1.807, 2.05) is 36.4 Å². The Balaban J connectivity index is 1.94. The van der Waals surface area contributed by atoms with Gasteiger partial charge in [-0.2, -0.15) is 0 Å². The molecule has 0 fully saturated rings. The van der Waals surface area contributed by atoms with Gasteiger partial charge < -0.3 is 4.74 Å². The van der Waals surface area contributed by atoms with Crippen LogP contribution in [-0.4, -0.2) is 6.61 Å². The lowest BCUT2D eigenvalue weighted by Gasteiger charge is -2.39. The van der Waals surface area contributed by atoms with Crippen molar-refractivity contribution in [3.8, 4) is 11.8 Å². The monoisotopic (exact) mass is 260 g/mol. The lowest BCUT2D eigenvalue weighted by Crippen LogP contribution is -2.40. The summed E-state index contributed by atoms with van der Waals surface area (Å²) in [6, 6.07) is 18.3. The Bertz CT molecular complexity index is 676. The molecule has 1 aliphatic rings. The number of hydrogen-bond donors (Lipinski definition) is 0. The first-order valence-corrected chi connectivity index (χ1v) is 6.75. The highest BCUT2D eigenvalue weighted by atomic mass is 16.5. The number of hydrogen-bond acceptors (Lipinski definition) is 1. The van der Waals surface area contributed by atoms with Gasteiger partial charge in [0.1, 0.15) is 0 Å². The van der Waals surface area contributed by atoms with E-state index in [2.05, 4.69) is 36.6 Å². The van der Waals surface area contributed by atoms with Gasteiger partial charge in [-0.25, -0.2) is 0 Å². The van der Waals surface area contributed by atoms with Crippen molar-refractivity contribution in [1.29, 1.82) is 0 Å². The molecule has 0 spiro atoms. The van der Waals surface area contributed by atoms with Gasteiger partial charge in [0.2, 0.25) is 0 Å². The average Bonchev–Trinajstić information content (AvgIpc) is 2.49. The molecule has 1 atom stereocenters. The SMILES string of the molecule is C=CCO[C@]1(C#Cc2ccccc2)Cc2ccccc21. The molecule has 2 aromatic carbocycles. The van der Waals surface area contributed by atoms with Gasteiger partial charge in [0, 0.05) is 12.0 Å². The third kappa shape index (κ3) is 2.27. The maximum Gasteiger partial charge on any atom is 0.159 e. The van der Waals surface area contributed by atoms with Crippen LogP contribution >= 0.6 is 0 Å². The molecule has 3 rings (SSSR count). The minimum absolute atomic E-state index is 0.472. The van der Waals surface area contributed by atoms with Gasteiger partial charge in [-0.15, -0.1) is 6.58 Å². The summed E-state index contributed by atoms with van der Waals surface area (Å²) in [5.41, 5.74) is 3.04. The summed E-state index contributed by atoms with van der Waals surface area (Å²) in [4.78, 5) is 0. The zero-order chi connectivity index (χ0) is 13.8. The van der Waals surface area contributed by atoms with E-state index in [0.717, 1.165) is 12.0 Å². The second kappa shape index (κ2) is 5.36. The van der Waals surface area contributed by atoms with Crippen molar-refractivity contribution >= 4 is 0 Å². The molecular formula is C19H16O. The molecule has 1 heteroatoms. The fraction of sp³-hybridized carbons (Fsp3) is 0.158. The Morgan fingerprint density at radius 1 is 1.10 bits per heavy atom. The van der Waals surface area contributed by atoms with Crippen molar-refractivity contribution < 1.29 is 4.74 Å². The molecule has 1 aliphatic carbocycles. The highest BCUT2D eigenvalue weighted by molar-refractivity contribution is 5.51. The quantitative estimate of drug-likeness (QED) is 0.604. The maximum atomic E-state index is 5.97. The third-order valence-corrected chi connectivity index (χ3v) is 3.52. The van der Waals surface area contributed by atoms with Crippen LogP contribution in [0.15, 0.2) is 67.3 Å². The highest BCUT2D eigenvalue weighted by Crippen LogP contribution is 2.41. The van der Waals surface area contributed by atoms with E-state index in [0.29, 0.717) is 6.61 Å². The molecule has 98 valence electrons. The number of rotatable bonds is 3. The van der Waals surface area contributed by atoms with Gasteiger partial charge in [-0.3, -0.25) is 0 Å². The van der Waals surface area contributed by atoms with E-state index in [9.17, 15) is 0 Å². The van der Waals surface area contributed by atoms with Gasteiger partial charge in [0.15, 0.2) is 5.60 Å². The van der Waals surface area contributed by atoms with Crippen LogP contribution in [-0.2, 0) is 16.8 Å². The first-order chi connectivity index (χ1) is 9.84. The standard InChI is InChI=1S/C19H16O/c1-2-14-20-19(13-12-16-8-4-3-5-9-16)15-17-10-6-7-11-18(17)19/h2-11H,1,14-15H2/t19-/m1/s1. The Hall–Kier alpha value is -2.30. The molecule has 0 heterocycles. The van der Waals surface area contributed by atoms with E-state index in [1.54, 1.807) is 6.08 Å². The zero-order valence-electron chi connectivity index (χ0n) is 11.3. The first kappa shape index (κ1) is 12.7. The molecule has 1 nitrogen and oxygen atoms in total. The van der Waals surface area contributed by atoms with Gasteiger partial charge >= 0.3 is 0 Å². The normalized spacial score (nSPS) is 19.2. The lowest BCUT2D eigenvalue weighted by atomic mass is 9.73. The minimum Gasteiger partial charge on any atom is -0.354 e. The Morgan fingerprint density at radius 2 is 1.85 bits per heavy atom.